The molecule has 0 bridgehead atoms. The highest BCUT2D eigenvalue weighted by Gasteiger charge is 2.22. The Hall–Kier alpha value is -1.05. The lowest BCUT2D eigenvalue weighted by Crippen LogP contribution is -2.23. The van der Waals surface area contributed by atoms with Gasteiger partial charge in [-0.2, -0.15) is 0 Å². The lowest BCUT2D eigenvalue weighted by atomic mass is 9.97. The second kappa shape index (κ2) is 8.19. The Morgan fingerprint density at radius 1 is 1.32 bits per heavy atom. The first-order chi connectivity index (χ1) is 9.00. The van der Waals surface area contributed by atoms with Crippen molar-refractivity contribution in [1.82, 2.24) is 0 Å². The zero-order valence-electron chi connectivity index (χ0n) is 12.7. The molecule has 0 aromatic carbocycles. The lowest BCUT2D eigenvalue weighted by Gasteiger charge is -2.16. The van der Waals surface area contributed by atoms with Gasteiger partial charge in [0.2, 0.25) is 0 Å². The summed E-state index contributed by atoms with van der Waals surface area (Å²) in [5, 5.41) is 0. The van der Waals surface area contributed by atoms with E-state index in [4.69, 9.17) is 4.74 Å². The van der Waals surface area contributed by atoms with Gasteiger partial charge in [0.25, 0.3) is 0 Å². The van der Waals surface area contributed by atoms with Gasteiger partial charge < -0.3 is 4.74 Å². The van der Waals surface area contributed by atoms with Crippen LogP contribution in [0.3, 0.4) is 0 Å². The summed E-state index contributed by atoms with van der Waals surface area (Å²) in [6.45, 7) is 6.20. The molecule has 0 fully saturated rings. The van der Waals surface area contributed by atoms with Crippen molar-refractivity contribution in [3.05, 3.63) is 23.8 Å². The monoisotopic (exact) mass is 264 g/mol. The summed E-state index contributed by atoms with van der Waals surface area (Å²) in [5.41, 5.74) is 1.21. The van der Waals surface area contributed by atoms with E-state index >= 15 is 0 Å². The average molecular weight is 264 g/mol. The van der Waals surface area contributed by atoms with Crippen molar-refractivity contribution in [3.63, 3.8) is 0 Å². The molecule has 0 heterocycles. The molecular formula is C17H28O2. The van der Waals surface area contributed by atoms with Crippen LogP contribution in [0.2, 0.25) is 0 Å². The molecular weight excluding hydrogens is 236 g/mol. The second-order valence-corrected chi connectivity index (χ2v) is 6.31. The van der Waals surface area contributed by atoms with Gasteiger partial charge in [-0.05, 0) is 65.7 Å². The molecule has 0 aliphatic heterocycles. The number of unbranched alkanes of at least 4 members (excludes halogenated alkanes) is 2. The van der Waals surface area contributed by atoms with Gasteiger partial charge in [-0.15, -0.1) is 0 Å². The first kappa shape index (κ1) is 16.0. The summed E-state index contributed by atoms with van der Waals surface area (Å²) < 4.78 is 5.22. The number of hydrogen-bond donors (Lipinski definition) is 0. The van der Waals surface area contributed by atoms with Crippen LogP contribution in [-0.2, 0) is 9.53 Å². The number of hydrogen-bond acceptors (Lipinski definition) is 2. The molecule has 1 aliphatic carbocycles. The molecule has 0 unspecified atom stereocenters. The van der Waals surface area contributed by atoms with E-state index in [1.165, 1.54) is 19.3 Å². The van der Waals surface area contributed by atoms with E-state index in [0.717, 1.165) is 25.7 Å². The van der Waals surface area contributed by atoms with E-state index < -0.39 is 0 Å². The molecule has 0 N–H and O–H groups in total. The van der Waals surface area contributed by atoms with E-state index in [9.17, 15) is 4.79 Å². The maximum Gasteiger partial charge on any atom is 0.311 e. The summed E-state index contributed by atoms with van der Waals surface area (Å²) in [4.78, 5) is 11.5. The smallest absolute Gasteiger partial charge is 0.311 e. The molecule has 1 aliphatic rings. The maximum atomic E-state index is 11.5. The van der Waals surface area contributed by atoms with Crippen molar-refractivity contribution >= 4 is 5.97 Å². The Morgan fingerprint density at radius 2 is 2.11 bits per heavy atom. The van der Waals surface area contributed by atoms with Crippen molar-refractivity contribution in [1.29, 1.82) is 0 Å². The summed E-state index contributed by atoms with van der Waals surface area (Å²) in [5.74, 6) is -0.101. The van der Waals surface area contributed by atoms with Gasteiger partial charge in [0.15, 0.2) is 0 Å². The molecule has 0 radical (unpaired) electrons. The standard InChI is InChI=1S/C17H28O2/c1-17(2,3)16(18)19-14-10-6-4-5-7-11-15-12-8-9-13-15/h5,7,12H,4,6,8-11,13-14H2,1-3H3/b7-5-. The Balaban J connectivity index is 1.96. The fourth-order valence-electron chi connectivity index (χ4n) is 2.02. The largest absolute Gasteiger partial charge is 0.465 e. The Kier molecular flexibility index (Phi) is 6.90. The molecule has 19 heavy (non-hydrogen) atoms. The van der Waals surface area contributed by atoms with E-state index in [2.05, 4.69) is 18.2 Å². The lowest BCUT2D eigenvalue weighted by molar-refractivity contribution is -0.153. The highest BCUT2D eigenvalue weighted by molar-refractivity contribution is 5.75. The summed E-state index contributed by atoms with van der Waals surface area (Å²) in [6, 6.07) is 0. The zero-order chi connectivity index (χ0) is 14.1. The molecule has 0 amide bonds. The van der Waals surface area contributed by atoms with Crippen LogP contribution in [0.15, 0.2) is 23.8 Å². The SMILES string of the molecule is CC(C)(C)C(=O)OCCCC/C=C\CC1=CCCC1. The van der Waals surface area contributed by atoms with Crippen LogP contribution >= 0.6 is 0 Å². The van der Waals surface area contributed by atoms with Gasteiger partial charge in [-0.25, -0.2) is 0 Å². The predicted octanol–water partition coefficient (Wildman–Crippen LogP) is 4.80. The highest BCUT2D eigenvalue weighted by atomic mass is 16.5. The van der Waals surface area contributed by atoms with Crippen molar-refractivity contribution in [2.24, 2.45) is 5.41 Å². The van der Waals surface area contributed by atoms with Crippen molar-refractivity contribution in [2.45, 2.75) is 65.7 Å². The maximum absolute atomic E-state index is 11.5. The minimum absolute atomic E-state index is 0.101. The third kappa shape index (κ3) is 7.19. The number of ether oxygens (including phenoxy) is 1. The van der Waals surface area contributed by atoms with Crippen molar-refractivity contribution < 1.29 is 9.53 Å². The fraction of sp³-hybridized carbons (Fsp3) is 0.706. The molecule has 108 valence electrons. The minimum Gasteiger partial charge on any atom is -0.465 e. The third-order valence-electron chi connectivity index (χ3n) is 3.29. The van der Waals surface area contributed by atoms with Gasteiger partial charge >= 0.3 is 5.97 Å². The van der Waals surface area contributed by atoms with Crippen LogP contribution in [0, 0.1) is 5.41 Å². The quantitative estimate of drug-likeness (QED) is 0.375. The normalized spacial score (nSPS) is 15.8. The molecule has 2 nitrogen and oxygen atoms in total. The molecule has 0 atom stereocenters. The van der Waals surface area contributed by atoms with E-state index in [1.807, 2.05) is 20.8 Å². The summed E-state index contributed by atoms with van der Waals surface area (Å²) in [7, 11) is 0. The Morgan fingerprint density at radius 3 is 2.74 bits per heavy atom. The topological polar surface area (TPSA) is 26.3 Å². The average Bonchev–Trinajstić information content (AvgIpc) is 2.84. The summed E-state index contributed by atoms with van der Waals surface area (Å²) in [6.07, 6.45) is 15.0. The molecule has 2 heteroatoms. The van der Waals surface area contributed by atoms with Crippen LogP contribution in [0.1, 0.15) is 65.7 Å². The van der Waals surface area contributed by atoms with Gasteiger partial charge in [0.1, 0.15) is 0 Å². The first-order valence-electron chi connectivity index (χ1n) is 7.50. The third-order valence-corrected chi connectivity index (χ3v) is 3.29. The molecule has 0 aromatic heterocycles. The second-order valence-electron chi connectivity index (χ2n) is 6.31. The summed E-state index contributed by atoms with van der Waals surface area (Å²) >= 11 is 0. The van der Waals surface area contributed by atoms with Gasteiger partial charge in [-0.3, -0.25) is 4.79 Å². The molecule has 0 saturated carbocycles. The number of esters is 1. The van der Waals surface area contributed by atoms with Crippen molar-refractivity contribution in [2.75, 3.05) is 6.61 Å². The van der Waals surface area contributed by atoms with Gasteiger partial charge in [0, 0.05) is 0 Å². The van der Waals surface area contributed by atoms with Gasteiger partial charge in [0.05, 0.1) is 12.0 Å². The first-order valence-corrected chi connectivity index (χ1v) is 7.50. The van der Waals surface area contributed by atoms with Crippen LogP contribution in [0.5, 0.6) is 0 Å². The number of carbonyl (C=O) groups is 1. The van der Waals surface area contributed by atoms with E-state index in [-0.39, 0.29) is 11.4 Å². The van der Waals surface area contributed by atoms with E-state index in [0.29, 0.717) is 6.61 Å². The molecule has 0 aromatic rings. The number of carbonyl (C=O) groups excluding carboxylic acids is 1. The molecule has 0 saturated heterocycles. The number of allylic oxidation sites excluding steroid dienone is 4. The molecule has 1 rings (SSSR count). The predicted molar refractivity (Wildman–Crippen MR) is 80.0 cm³/mol. The van der Waals surface area contributed by atoms with E-state index in [1.54, 1.807) is 5.57 Å². The Bertz CT molecular complexity index is 332. The Labute approximate surface area is 117 Å². The minimum atomic E-state index is -0.380. The molecule has 0 spiro atoms. The van der Waals surface area contributed by atoms with Crippen molar-refractivity contribution in [3.8, 4) is 0 Å². The van der Waals surface area contributed by atoms with Crippen LogP contribution in [0.4, 0.5) is 0 Å². The highest BCUT2D eigenvalue weighted by Crippen LogP contribution is 2.20. The number of rotatable bonds is 7. The van der Waals surface area contributed by atoms with Crippen LogP contribution < -0.4 is 0 Å². The fourth-order valence-corrected chi connectivity index (χ4v) is 2.02. The van der Waals surface area contributed by atoms with Crippen LogP contribution in [0.25, 0.3) is 0 Å². The van der Waals surface area contributed by atoms with Gasteiger partial charge in [-0.1, -0.05) is 23.8 Å². The van der Waals surface area contributed by atoms with Crippen LogP contribution in [-0.4, -0.2) is 12.6 Å². The zero-order valence-corrected chi connectivity index (χ0v) is 12.7.